The lowest BCUT2D eigenvalue weighted by atomic mass is 10.1. The zero-order valence-corrected chi connectivity index (χ0v) is 34.8. The fraction of sp³-hybridized carbons (Fsp3) is 0. The maximum atomic E-state index is 7.64. The minimum Gasteiger partial charge on any atom is -0.453 e. The molecule has 0 N–H and O–H groups in total. The third-order valence-corrected chi connectivity index (χ3v) is 18.3. The Morgan fingerprint density at radius 2 is 0.548 bits per heavy atom. The Labute approximate surface area is 354 Å². The molecule has 6 aromatic heterocycles. The average molecular weight is 831 g/mol. The molecule has 2 atom stereocenters. The molecule has 2 unspecified atom stereocenters. The fourth-order valence-corrected chi connectivity index (χ4v) is 16.7. The largest absolute Gasteiger partial charge is 0.453 e. The third-order valence-electron chi connectivity index (χ3n) is 13.0. The number of para-hydroxylation sites is 4. The fourth-order valence-electron chi connectivity index (χ4n) is 10.7. The van der Waals surface area contributed by atoms with Crippen LogP contribution in [0.5, 0.6) is 0 Å². The molecule has 0 aliphatic carbocycles. The molecular formula is C54H32N4O2P2. The Kier molecular flexibility index (Phi) is 6.43. The Morgan fingerprint density at radius 1 is 0.258 bits per heavy atom. The summed E-state index contributed by atoms with van der Waals surface area (Å²) < 4.78 is 25.1. The second-order valence-corrected chi connectivity index (χ2v) is 20.2. The van der Waals surface area contributed by atoms with Crippen molar-refractivity contribution in [2.45, 2.75) is 0 Å². The summed E-state index contributed by atoms with van der Waals surface area (Å²) in [5.74, 6) is 0. The number of benzene rings is 9. The maximum Gasteiger partial charge on any atom is 0.166 e. The highest BCUT2D eigenvalue weighted by molar-refractivity contribution is 7.65. The molecule has 6 heterocycles. The van der Waals surface area contributed by atoms with Crippen LogP contribution < -0.4 is 0 Å². The Balaban J connectivity index is 1.32. The molecule has 0 radical (unpaired) electrons. The van der Waals surface area contributed by atoms with E-state index in [1.165, 1.54) is 52.8 Å². The first kappa shape index (κ1) is 33.1. The van der Waals surface area contributed by atoms with Crippen molar-refractivity contribution in [2.24, 2.45) is 0 Å². The molecule has 0 fully saturated rings. The van der Waals surface area contributed by atoms with Gasteiger partial charge in [0.05, 0.1) is 53.6 Å². The molecule has 15 aromatic rings. The predicted octanol–water partition coefficient (Wildman–Crippen LogP) is 16.1. The quantitative estimate of drug-likeness (QED) is 0.131. The van der Waals surface area contributed by atoms with Gasteiger partial charge in [-0.15, -0.1) is 0 Å². The van der Waals surface area contributed by atoms with Gasteiger partial charge in [0.2, 0.25) is 0 Å². The molecule has 8 heteroatoms. The van der Waals surface area contributed by atoms with Crippen molar-refractivity contribution in [2.75, 3.05) is 0 Å². The van der Waals surface area contributed by atoms with Crippen molar-refractivity contribution in [3.63, 3.8) is 0 Å². The monoisotopic (exact) mass is 830 g/mol. The molecular weight excluding hydrogens is 799 g/mol. The molecule has 0 bridgehead atoms. The summed E-state index contributed by atoms with van der Waals surface area (Å²) in [4.78, 5) is 0. The average Bonchev–Trinajstić information content (AvgIpc) is 3.34. The van der Waals surface area contributed by atoms with E-state index >= 15 is 0 Å². The van der Waals surface area contributed by atoms with Gasteiger partial charge in [0, 0.05) is 33.0 Å². The molecule has 0 aliphatic rings. The summed E-state index contributed by atoms with van der Waals surface area (Å²) in [5.41, 5.74) is 17.3. The van der Waals surface area contributed by atoms with E-state index in [-0.39, 0.29) is 0 Å². The van der Waals surface area contributed by atoms with Gasteiger partial charge < -0.3 is 27.1 Å². The van der Waals surface area contributed by atoms with Crippen LogP contribution in [0.2, 0.25) is 0 Å². The molecule has 62 heavy (non-hydrogen) atoms. The molecule has 9 aromatic carbocycles. The van der Waals surface area contributed by atoms with Gasteiger partial charge in [0.25, 0.3) is 0 Å². The topological polar surface area (TPSA) is 46.0 Å². The molecule has 0 saturated carbocycles. The number of nitrogens with zero attached hydrogens (tertiary/aromatic N) is 4. The first-order valence-corrected chi connectivity index (χ1v) is 23.6. The lowest BCUT2D eigenvalue weighted by Crippen LogP contribution is -2.08. The van der Waals surface area contributed by atoms with Crippen LogP contribution >= 0.6 is 14.7 Å². The van der Waals surface area contributed by atoms with Gasteiger partial charge in [-0.1, -0.05) is 112 Å². The number of fused-ring (bicyclic) bond motifs is 2. The second kappa shape index (κ2) is 12.0. The van der Waals surface area contributed by atoms with Crippen LogP contribution in [-0.2, 0) is 0 Å². The number of aromatic nitrogens is 4. The summed E-state index contributed by atoms with van der Waals surface area (Å²) in [5, 5.41) is 7.52. The molecule has 6 nitrogen and oxygen atoms in total. The van der Waals surface area contributed by atoms with E-state index in [0.29, 0.717) is 0 Å². The molecule has 0 aliphatic heterocycles. The van der Waals surface area contributed by atoms with Crippen LogP contribution in [0, 0.1) is 0 Å². The van der Waals surface area contributed by atoms with Gasteiger partial charge in [0.15, 0.2) is 11.2 Å². The van der Waals surface area contributed by atoms with E-state index in [4.69, 9.17) is 8.83 Å². The van der Waals surface area contributed by atoms with Crippen LogP contribution in [0.15, 0.2) is 203 Å². The minimum absolute atomic E-state index is 0.912. The standard InChI is InChI=1S/C54H32N4O2P2/c1-5-17-33(18-6-1)55-37-25-13-27-39-49(37)61-51-41(55)29-15-31-43(51)59-47-46-54-48(45(53(47)61)57(39)35-21-9-3-10-22-35)60-44-32-16-30-42-52(44)62(54)50-38(56(42)34-19-7-2-8-20-34)26-14-28-40(50)58(46)36-23-11-4-12-24-36/h1-32H. The summed E-state index contributed by atoms with van der Waals surface area (Å²) in [6, 6.07) is 70.2. The van der Waals surface area contributed by atoms with Crippen molar-refractivity contribution < 1.29 is 8.83 Å². The first-order valence-electron chi connectivity index (χ1n) is 21.0. The minimum atomic E-state index is -1.14. The van der Waals surface area contributed by atoms with Crippen molar-refractivity contribution >= 4 is 112 Å². The van der Waals surface area contributed by atoms with Crippen LogP contribution in [0.3, 0.4) is 0 Å². The molecule has 15 rings (SSSR count). The zero-order chi connectivity index (χ0) is 40.2. The van der Waals surface area contributed by atoms with Gasteiger partial charge in [0.1, 0.15) is 22.2 Å². The SMILES string of the molecule is c1ccc(-n2c3cccc4oc5c6c7c(oc8cccc9c8p7c7c(cccc7n6-c6ccccc6)n9-c6ccccc6)c6c5p(c43)c3c2cccc3n6-c2ccccc2)cc1. The van der Waals surface area contributed by atoms with Crippen LogP contribution in [0.25, 0.3) is 120 Å². The number of rotatable bonds is 4. The molecule has 0 amide bonds. The number of hydrogen-bond acceptors (Lipinski definition) is 2. The van der Waals surface area contributed by atoms with Crippen molar-refractivity contribution in [3.8, 4) is 22.7 Å². The van der Waals surface area contributed by atoms with Gasteiger partial charge in [-0.05, 0) is 97.1 Å². The Hall–Kier alpha value is -7.62. The molecule has 290 valence electrons. The van der Waals surface area contributed by atoms with E-state index in [2.05, 4.69) is 212 Å². The summed E-state index contributed by atoms with van der Waals surface area (Å²) in [6.45, 7) is 0. The maximum absolute atomic E-state index is 7.64. The van der Waals surface area contributed by atoms with E-state index in [9.17, 15) is 0 Å². The van der Waals surface area contributed by atoms with Crippen molar-refractivity contribution in [1.82, 2.24) is 18.3 Å². The van der Waals surface area contributed by atoms with E-state index in [0.717, 1.165) is 67.1 Å². The Bertz CT molecular complexity index is 4030. The van der Waals surface area contributed by atoms with Gasteiger partial charge in [-0.25, -0.2) is 0 Å². The second-order valence-electron chi connectivity index (χ2n) is 16.1. The lowest BCUT2D eigenvalue weighted by molar-refractivity contribution is 0.659. The van der Waals surface area contributed by atoms with E-state index in [1.54, 1.807) is 0 Å². The summed E-state index contributed by atoms with van der Waals surface area (Å²) >= 11 is 0. The highest BCUT2D eigenvalue weighted by atomic mass is 31.1. The zero-order valence-electron chi connectivity index (χ0n) is 33.0. The van der Waals surface area contributed by atoms with Gasteiger partial charge >= 0.3 is 0 Å². The predicted molar refractivity (Wildman–Crippen MR) is 260 cm³/mol. The van der Waals surface area contributed by atoms with E-state index < -0.39 is 14.7 Å². The van der Waals surface area contributed by atoms with Crippen LogP contribution in [0.4, 0.5) is 0 Å². The smallest absolute Gasteiger partial charge is 0.166 e. The summed E-state index contributed by atoms with van der Waals surface area (Å²) in [6.07, 6.45) is 0. The highest BCUT2D eigenvalue weighted by Crippen LogP contribution is 2.62. The third kappa shape index (κ3) is 4.07. The van der Waals surface area contributed by atoms with Crippen LogP contribution in [0.1, 0.15) is 0 Å². The normalized spacial score (nSPS) is 13.1. The highest BCUT2D eigenvalue weighted by Gasteiger charge is 2.32. The summed E-state index contributed by atoms with van der Waals surface area (Å²) in [7, 11) is -2.27. The lowest BCUT2D eigenvalue weighted by Gasteiger charge is -2.29. The van der Waals surface area contributed by atoms with Crippen LogP contribution in [-0.4, -0.2) is 18.3 Å². The molecule has 0 saturated heterocycles. The molecule has 0 spiro atoms. The number of hydrogen-bond donors (Lipinski definition) is 0. The van der Waals surface area contributed by atoms with Crippen molar-refractivity contribution in [1.29, 1.82) is 0 Å². The van der Waals surface area contributed by atoms with Gasteiger partial charge in [-0.3, -0.25) is 0 Å². The first-order chi connectivity index (χ1) is 30.8. The van der Waals surface area contributed by atoms with Gasteiger partial charge in [-0.2, -0.15) is 0 Å². The van der Waals surface area contributed by atoms with E-state index in [1.807, 2.05) is 0 Å². The van der Waals surface area contributed by atoms with Crippen molar-refractivity contribution in [3.05, 3.63) is 194 Å². The Morgan fingerprint density at radius 3 is 0.903 bits per heavy atom.